The molecule has 0 aromatic heterocycles. The van der Waals surface area contributed by atoms with Gasteiger partial charge in [-0.3, -0.25) is 0 Å². The normalized spacial score (nSPS) is 30.3. The molecular formula is C16H32N2O2. The van der Waals surface area contributed by atoms with Gasteiger partial charge >= 0.3 is 0 Å². The Hall–Kier alpha value is -0.160. The van der Waals surface area contributed by atoms with Gasteiger partial charge in [0.25, 0.3) is 0 Å². The Labute approximate surface area is 124 Å². The van der Waals surface area contributed by atoms with E-state index >= 15 is 0 Å². The molecule has 0 bridgehead atoms. The summed E-state index contributed by atoms with van der Waals surface area (Å²) >= 11 is 0. The lowest BCUT2D eigenvalue weighted by Gasteiger charge is -2.42. The summed E-state index contributed by atoms with van der Waals surface area (Å²) in [5.74, 6) is 0. The van der Waals surface area contributed by atoms with E-state index in [0.717, 1.165) is 32.9 Å². The molecule has 1 N–H and O–H groups in total. The summed E-state index contributed by atoms with van der Waals surface area (Å²) in [5, 5.41) is 3.65. The maximum absolute atomic E-state index is 5.72. The van der Waals surface area contributed by atoms with E-state index in [9.17, 15) is 0 Å². The van der Waals surface area contributed by atoms with Crippen LogP contribution in [0.5, 0.6) is 0 Å². The van der Waals surface area contributed by atoms with Crippen molar-refractivity contribution < 1.29 is 9.47 Å². The topological polar surface area (TPSA) is 33.7 Å². The minimum Gasteiger partial charge on any atom is -0.381 e. The summed E-state index contributed by atoms with van der Waals surface area (Å²) in [4.78, 5) is 2.53. The van der Waals surface area contributed by atoms with Crippen LogP contribution in [0.15, 0.2) is 0 Å². The zero-order valence-electron chi connectivity index (χ0n) is 13.7. The lowest BCUT2D eigenvalue weighted by Crippen LogP contribution is -2.50. The lowest BCUT2D eigenvalue weighted by atomic mass is 9.79. The molecule has 2 aliphatic rings. The standard InChI is InChI=1S/C16H32N2O2/c1-13(2)17-11-16(6-9-19-10-7-16)12-18(4)15-5-8-20-14(15)3/h13-15,17H,5-12H2,1-4H3. The van der Waals surface area contributed by atoms with Gasteiger partial charge in [-0.2, -0.15) is 0 Å². The molecule has 2 unspecified atom stereocenters. The Morgan fingerprint density at radius 2 is 1.95 bits per heavy atom. The molecule has 2 atom stereocenters. The average molecular weight is 284 g/mol. The van der Waals surface area contributed by atoms with E-state index in [-0.39, 0.29) is 0 Å². The quantitative estimate of drug-likeness (QED) is 0.807. The molecule has 0 aliphatic carbocycles. The molecule has 0 saturated carbocycles. The molecule has 2 saturated heterocycles. The summed E-state index contributed by atoms with van der Waals surface area (Å²) in [7, 11) is 2.27. The molecule has 4 nitrogen and oxygen atoms in total. The zero-order valence-corrected chi connectivity index (χ0v) is 13.7. The molecule has 0 aromatic carbocycles. The van der Waals surface area contributed by atoms with E-state index in [2.05, 4.69) is 38.0 Å². The van der Waals surface area contributed by atoms with Crippen molar-refractivity contribution in [3.05, 3.63) is 0 Å². The monoisotopic (exact) mass is 284 g/mol. The first kappa shape index (κ1) is 16.2. The van der Waals surface area contributed by atoms with Gasteiger partial charge in [-0.05, 0) is 38.6 Å². The van der Waals surface area contributed by atoms with Gasteiger partial charge in [-0.1, -0.05) is 13.8 Å². The van der Waals surface area contributed by atoms with Gasteiger partial charge in [-0.15, -0.1) is 0 Å². The highest BCUT2D eigenvalue weighted by Crippen LogP contribution is 2.32. The maximum atomic E-state index is 5.72. The van der Waals surface area contributed by atoms with Crippen molar-refractivity contribution in [2.24, 2.45) is 5.41 Å². The number of rotatable bonds is 6. The van der Waals surface area contributed by atoms with E-state index < -0.39 is 0 Å². The molecule has 118 valence electrons. The predicted molar refractivity (Wildman–Crippen MR) is 82.1 cm³/mol. The lowest BCUT2D eigenvalue weighted by molar-refractivity contribution is -0.0134. The van der Waals surface area contributed by atoms with E-state index in [1.807, 2.05) is 0 Å². The summed E-state index contributed by atoms with van der Waals surface area (Å²) in [6.45, 7) is 11.6. The van der Waals surface area contributed by atoms with Gasteiger partial charge in [0.15, 0.2) is 0 Å². The van der Waals surface area contributed by atoms with Crippen molar-refractivity contribution in [1.29, 1.82) is 0 Å². The van der Waals surface area contributed by atoms with Gasteiger partial charge in [-0.25, -0.2) is 0 Å². The van der Waals surface area contributed by atoms with Crippen LogP contribution in [0.2, 0.25) is 0 Å². The van der Waals surface area contributed by atoms with E-state index in [0.29, 0.717) is 23.6 Å². The third-order valence-corrected chi connectivity index (χ3v) is 4.93. The van der Waals surface area contributed by atoms with Crippen LogP contribution in [0.4, 0.5) is 0 Å². The second-order valence-electron chi connectivity index (χ2n) is 7.00. The number of ether oxygens (including phenoxy) is 2. The average Bonchev–Trinajstić information content (AvgIpc) is 2.84. The summed E-state index contributed by atoms with van der Waals surface area (Å²) in [5.41, 5.74) is 0.361. The second kappa shape index (κ2) is 7.21. The number of hydrogen-bond donors (Lipinski definition) is 1. The minimum absolute atomic E-state index is 0.361. The van der Waals surface area contributed by atoms with Gasteiger partial charge < -0.3 is 19.7 Å². The van der Waals surface area contributed by atoms with Crippen LogP contribution >= 0.6 is 0 Å². The van der Waals surface area contributed by atoms with Crippen LogP contribution in [0, 0.1) is 5.41 Å². The summed E-state index contributed by atoms with van der Waals surface area (Å²) in [6.07, 6.45) is 3.87. The molecule has 0 radical (unpaired) electrons. The third kappa shape index (κ3) is 4.17. The Kier molecular flexibility index (Phi) is 5.84. The van der Waals surface area contributed by atoms with Gasteiger partial charge in [0.1, 0.15) is 0 Å². The Morgan fingerprint density at radius 3 is 2.50 bits per heavy atom. The fourth-order valence-electron chi connectivity index (χ4n) is 3.56. The van der Waals surface area contributed by atoms with E-state index in [1.165, 1.54) is 19.3 Å². The van der Waals surface area contributed by atoms with Crippen molar-refractivity contribution in [3.8, 4) is 0 Å². The van der Waals surface area contributed by atoms with Crippen LogP contribution in [0.1, 0.15) is 40.0 Å². The fourth-order valence-corrected chi connectivity index (χ4v) is 3.56. The largest absolute Gasteiger partial charge is 0.381 e. The van der Waals surface area contributed by atoms with Crippen LogP contribution in [-0.4, -0.2) is 63.0 Å². The predicted octanol–water partition coefficient (Wildman–Crippen LogP) is 1.89. The first-order chi connectivity index (χ1) is 9.52. The summed E-state index contributed by atoms with van der Waals surface area (Å²) in [6, 6.07) is 1.13. The molecule has 0 aromatic rings. The highest BCUT2D eigenvalue weighted by molar-refractivity contribution is 4.90. The van der Waals surface area contributed by atoms with Crippen LogP contribution in [0.3, 0.4) is 0 Å². The Morgan fingerprint density at radius 1 is 1.25 bits per heavy atom. The van der Waals surface area contributed by atoms with Crippen molar-refractivity contribution in [1.82, 2.24) is 10.2 Å². The fraction of sp³-hybridized carbons (Fsp3) is 1.00. The molecule has 2 aliphatic heterocycles. The number of nitrogens with zero attached hydrogens (tertiary/aromatic N) is 1. The second-order valence-corrected chi connectivity index (χ2v) is 7.00. The zero-order chi connectivity index (χ0) is 14.6. The molecule has 0 spiro atoms. The van der Waals surface area contributed by atoms with Crippen molar-refractivity contribution >= 4 is 0 Å². The highest BCUT2D eigenvalue weighted by atomic mass is 16.5. The van der Waals surface area contributed by atoms with E-state index in [1.54, 1.807) is 0 Å². The SMILES string of the molecule is CC(C)NCC1(CN(C)C2CCOC2C)CCOCC1. The summed E-state index contributed by atoms with van der Waals surface area (Å²) < 4.78 is 11.3. The van der Waals surface area contributed by atoms with Crippen molar-refractivity contribution in [2.45, 2.75) is 58.2 Å². The van der Waals surface area contributed by atoms with Gasteiger partial charge in [0.2, 0.25) is 0 Å². The molecule has 2 fully saturated rings. The molecule has 2 heterocycles. The van der Waals surface area contributed by atoms with E-state index in [4.69, 9.17) is 9.47 Å². The molecular weight excluding hydrogens is 252 g/mol. The van der Waals surface area contributed by atoms with Crippen LogP contribution in [-0.2, 0) is 9.47 Å². The number of hydrogen-bond acceptors (Lipinski definition) is 4. The highest BCUT2D eigenvalue weighted by Gasteiger charge is 2.37. The van der Waals surface area contributed by atoms with Crippen molar-refractivity contribution in [3.63, 3.8) is 0 Å². The molecule has 0 amide bonds. The third-order valence-electron chi connectivity index (χ3n) is 4.93. The molecule has 2 rings (SSSR count). The van der Waals surface area contributed by atoms with Crippen molar-refractivity contribution in [2.75, 3.05) is 40.0 Å². The number of likely N-dealkylation sites (N-methyl/N-ethyl adjacent to an activating group) is 1. The van der Waals surface area contributed by atoms with Crippen LogP contribution < -0.4 is 5.32 Å². The molecule has 20 heavy (non-hydrogen) atoms. The minimum atomic E-state index is 0.361. The number of nitrogens with one attached hydrogen (secondary N) is 1. The van der Waals surface area contributed by atoms with Gasteiger partial charge in [0, 0.05) is 45.0 Å². The smallest absolute Gasteiger partial charge is 0.0702 e. The van der Waals surface area contributed by atoms with Gasteiger partial charge in [0.05, 0.1) is 6.10 Å². The van der Waals surface area contributed by atoms with Crippen LogP contribution in [0.25, 0.3) is 0 Å². The first-order valence-electron chi connectivity index (χ1n) is 8.15. The Balaban J connectivity index is 1.95. The molecule has 4 heteroatoms. The maximum Gasteiger partial charge on any atom is 0.0702 e. The first-order valence-corrected chi connectivity index (χ1v) is 8.15. The Bertz CT molecular complexity index is 290.